The molecule has 0 bridgehead atoms. The fraction of sp³-hybridized carbons (Fsp3) is 0.0833. The van der Waals surface area contributed by atoms with Gasteiger partial charge in [-0.05, 0) is 61.2 Å². The Bertz CT molecular complexity index is 1200. The number of hydrogen-bond acceptors (Lipinski definition) is 6. The normalized spacial score (nSPS) is 10.5. The van der Waals surface area contributed by atoms with Crippen molar-refractivity contribution < 1.29 is 4.79 Å². The number of amides is 1. The summed E-state index contributed by atoms with van der Waals surface area (Å²) < 4.78 is 0. The van der Waals surface area contributed by atoms with Crippen molar-refractivity contribution in [3.05, 3.63) is 89.1 Å². The van der Waals surface area contributed by atoms with Gasteiger partial charge in [0, 0.05) is 40.3 Å². The largest absolute Gasteiger partial charge is 0.331 e. The molecule has 0 aliphatic heterocycles. The molecule has 0 atom stereocenters. The highest BCUT2D eigenvalue weighted by molar-refractivity contribution is 7.14. The molecule has 0 spiro atoms. The molecule has 154 valence electrons. The molecular formula is C24H21N5OS. The van der Waals surface area contributed by atoms with E-state index in [0.717, 1.165) is 33.2 Å². The van der Waals surface area contributed by atoms with Crippen LogP contribution in [0.3, 0.4) is 0 Å². The minimum Gasteiger partial charge on any atom is -0.331 e. The van der Waals surface area contributed by atoms with Gasteiger partial charge in [-0.3, -0.25) is 14.8 Å². The van der Waals surface area contributed by atoms with Gasteiger partial charge in [0.15, 0.2) is 5.13 Å². The average Bonchev–Trinajstić information content (AvgIpc) is 3.26. The van der Waals surface area contributed by atoms with Crippen LogP contribution in [0.4, 0.5) is 16.5 Å². The van der Waals surface area contributed by atoms with Crippen LogP contribution in [0.2, 0.25) is 0 Å². The predicted octanol–water partition coefficient (Wildman–Crippen LogP) is 5.71. The number of hydrogen-bond donors (Lipinski definition) is 2. The van der Waals surface area contributed by atoms with E-state index in [4.69, 9.17) is 0 Å². The highest BCUT2D eigenvalue weighted by atomic mass is 32.1. The van der Waals surface area contributed by atoms with Gasteiger partial charge in [-0.15, -0.1) is 11.3 Å². The molecule has 7 heteroatoms. The number of carbonyl (C=O) groups is 1. The lowest BCUT2D eigenvalue weighted by atomic mass is 10.1. The Morgan fingerprint density at radius 3 is 2.74 bits per heavy atom. The molecule has 2 aromatic heterocycles. The van der Waals surface area contributed by atoms with Crippen molar-refractivity contribution in [1.82, 2.24) is 9.97 Å². The van der Waals surface area contributed by atoms with Gasteiger partial charge in [0.2, 0.25) is 0 Å². The van der Waals surface area contributed by atoms with Crippen LogP contribution in [0, 0.1) is 6.92 Å². The lowest BCUT2D eigenvalue weighted by Gasteiger charge is -2.11. The van der Waals surface area contributed by atoms with Crippen molar-refractivity contribution >= 4 is 40.5 Å². The summed E-state index contributed by atoms with van der Waals surface area (Å²) in [5, 5.41) is 9.08. The maximum Gasteiger partial charge on any atom is 0.255 e. The summed E-state index contributed by atoms with van der Waals surface area (Å²) in [4.78, 5) is 25.3. The van der Waals surface area contributed by atoms with Crippen LogP contribution in [0.25, 0.3) is 11.3 Å². The van der Waals surface area contributed by atoms with Gasteiger partial charge >= 0.3 is 0 Å². The first kappa shape index (κ1) is 20.4. The summed E-state index contributed by atoms with van der Waals surface area (Å²) in [6, 6.07) is 17.0. The van der Waals surface area contributed by atoms with Crippen molar-refractivity contribution in [3.8, 4) is 11.3 Å². The maximum absolute atomic E-state index is 12.6. The van der Waals surface area contributed by atoms with Crippen molar-refractivity contribution in [2.45, 2.75) is 13.5 Å². The zero-order chi connectivity index (χ0) is 21.6. The fourth-order valence-electron chi connectivity index (χ4n) is 3.02. The number of nitrogens with one attached hydrogen (secondary N) is 2. The minimum atomic E-state index is -0.166. The van der Waals surface area contributed by atoms with Crippen LogP contribution in [0.1, 0.15) is 21.5 Å². The third-order valence-corrected chi connectivity index (χ3v) is 5.47. The second-order valence-corrected chi connectivity index (χ2v) is 7.83. The van der Waals surface area contributed by atoms with Gasteiger partial charge in [0.05, 0.1) is 12.2 Å². The molecule has 0 aliphatic rings. The van der Waals surface area contributed by atoms with Crippen LogP contribution in [0.15, 0.2) is 77.4 Å². The van der Waals surface area contributed by atoms with Crippen LogP contribution >= 0.6 is 11.3 Å². The molecule has 4 rings (SSSR count). The first-order valence-electron chi connectivity index (χ1n) is 9.69. The monoisotopic (exact) mass is 427 g/mol. The number of benzene rings is 2. The van der Waals surface area contributed by atoms with Gasteiger partial charge in [0.1, 0.15) is 0 Å². The van der Waals surface area contributed by atoms with E-state index in [9.17, 15) is 4.79 Å². The van der Waals surface area contributed by atoms with E-state index in [1.807, 2.05) is 54.8 Å². The van der Waals surface area contributed by atoms with Crippen molar-refractivity contribution in [2.24, 2.45) is 4.99 Å². The second-order valence-electron chi connectivity index (χ2n) is 6.97. The van der Waals surface area contributed by atoms with Crippen molar-refractivity contribution in [2.75, 3.05) is 10.6 Å². The third-order valence-electron chi connectivity index (χ3n) is 4.71. The zero-order valence-corrected chi connectivity index (χ0v) is 17.8. The summed E-state index contributed by atoms with van der Waals surface area (Å²) in [6.45, 7) is 6.04. The molecule has 0 saturated heterocycles. The van der Waals surface area contributed by atoms with Gasteiger partial charge in [-0.2, -0.15) is 0 Å². The number of rotatable bonds is 7. The van der Waals surface area contributed by atoms with Gasteiger partial charge < -0.3 is 10.6 Å². The summed E-state index contributed by atoms with van der Waals surface area (Å²) in [5.41, 5.74) is 6.09. The van der Waals surface area contributed by atoms with Gasteiger partial charge in [0.25, 0.3) is 5.91 Å². The number of thiazole rings is 1. The van der Waals surface area contributed by atoms with E-state index in [2.05, 4.69) is 32.3 Å². The molecule has 0 saturated carbocycles. The highest BCUT2D eigenvalue weighted by Gasteiger charge is 2.10. The smallest absolute Gasteiger partial charge is 0.255 e. The average molecular weight is 428 g/mol. The SMILES string of the molecule is C=NCc1ccc(C(=O)Nc2ccc(C)c(Nc3nc(-c4cccnc4)cs3)c2)cc1. The molecule has 0 unspecified atom stereocenters. The Morgan fingerprint density at radius 1 is 1.16 bits per heavy atom. The summed E-state index contributed by atoms with van der Waals surface area (Å²) >= 11 is 1.52. The first-order valence-corrected chi connectivity index (χ1v) is 10.6. The lowest BCUT2D eigenvalue weighted by Crippen LogP contribution is -2.12. The van der Waals surface area contributed by atoms with E-state index in [-0.39, 0.29) is 5.91 Å². The fourth-order valence-corrected chi connectivity index (χ4v) is 3.75. The third kappa shape index (κ3) is 5.02. The number of anilines is 3. The molecule has 0 radical (unpaired) electrons. The van der Waals surface area contributed by atoms with E-state index >= 15 is 0 Å². The van der Waals surface area contributed by atoms with Crippen LogP contribution in [-0.2, 0) is 6.54 Å². The zero-order valence-electron chi connectivity index (χ0n) is 17.0. The standard InChI is InChI=1S/C24H21N5OS/c1-16-5-10-20(27-23(30)18-8-6-17(7-9-18)13-25-2)12-21(16)28-24-29-22(15-31-24)19-4-3-11-26-14-19/h3-12,14-15H,2,13H2,1H3,(H,27,30)(H,28,29). The highest BCUT2D eigenvalue weighted by Crippen LogP contribution is 2.29. The number of aromatic nitrogens is 2. The van der Waals surface area contributed by atoms with Crippen molar-refractivity contribution in [3.63, 3.8) is 0 Å². The summed E-state index contributed by atoms with van der Waals surface area (Å²) in [6.07, 6.45) is 3.53. The molecule has 31 heavy (non-hydrogen) atoms. The van der Waals surface area contributed by atoms with Crippen molar-refractivity contribution in [1.29, 1.82) is 0 Å². The van der Waals surface area contributed by atoms with E-state index in [0.29, 0.717) is 17.8 Å². The molecule has 0 fully saturated rings. The topological polar surface area (TPSA) is 79.3 Å². The van der Waals surface area contributed by atoms with Crippen LogP contribution < -0.4 is 10.6 Å². The quantitative estimate of drug-likeness (QED) is 0.370. The molecule has 6 nitrogen and oxygen atoms in total. The molecule has 0 aliphatic carbocycles. The van der Waals surface area contributed by atoms with Gasteiger partial charge in [-0.25, -0.2) is 4.98 Å². The Morgan fingerprint density at radius 2 is 2.00 bits per heavy atom. The first-order chi connectivity index (χ1) is 15.1. The van der Waals surface area contributed by atoms with E-state index in [1.54, 1.807) is 24.5 Å². The molecule has 1 amide bonds. The number of aryl methyl sites for hydroxylation is 1. The Balaban J connectivity index is 1.48. The Labute approximate surface area is 184 Å². The number of pyridine rings is 1. The van der Waals surface area contributed by atoms with Crippen LogP contribution in [-0.4, -0.2) is 22.6 Å². The van der Waals surface area contributed by atoms with E-state index < -0.39 is 0 Å². The summed E-state index contributed by atoms with van der Waals surface area (Å²) in [7, 11) is 0. The Kier molecular flexibility index (Phi) is 6.14. The number of nitrogens with zero attached hydrogens (tertiary/aromatic N) is 3. The second kappa shape index (κ2) is 9.32. The summed E-state index contributed by atoms with van der Waals surface area (Å²) in [5.74, 6) is -0.166. The molecule has 4 aromatic rings. The molecule has 2 heterocycles. The van der Waals surface area contributed by atoms with E-state index in [1.165, 1.54) is 11.3 Å². The number of carbonyl (C=O) groups excluding carboxylic acids is 1. The molecule has 2 aromatic carbocycles. The lowest BCUT2D eigenvalue weighted by molar-refractivity contribution is 0.102. The maximum atomic E-state index is 12.6. The molecule has 2 N–H and O–H groups in total. The number of aliphatic imine (C=N–C) groups is 1. The Hall–Kier alpha value is -3.84. The minimum absolute atomic E-state index is 0.166. The molecular weight excluding hydrogens is 406 g/mol. The predicted molar refractivity (Wildman–Crippen MR) is 127 cm³/mol. The van der Waals surface area contributed by atoms with Crippen LogP contribution in [0.5, 0.6) is 0 Å². The van der Waals surface area contributed by atoms with Gasteiger partial charge in [-0.1, -0.05) is 18.2 Å².